The molecule has 3 aromatic carbocycles. The molecule has 0 radical (unpaired) electrons. The van der Waals surface area contributed by atoms with Gasteiger partial charge in [0.2, 0.25) is 10.9 Å². The van der Waals surface area contributed by atoms with E-state index in [2.05, 4.69) is 15.5 Å². The highest BCUT2D eigenvalue weighted by Gasteiger charge is 2.22. The highest BCUT2D eigenvalue weighted by molar-refractivity contribution is 7.22. The quantitative estimate of drug-likeness (QED) is 0.208. The molecule has 0 saturated carbocycles. The third kappa shape index (κ3) is 4.85. The molecule has 0 aliphatic rings. The zero-order chi connectivity index (χ0) is 23.4. The first-order valence-electron chi connectivity index (χ1n) is 9.38. The number of methoxy groups -OCH3 is 1. The zero-order valence-electron chi connectivity index (χ0n) is 17.0. The number of nitrogens with zero attached hydrogens (tertiary/aromatic N) is 4. The minimum Gasteiger partial charge on any atom is -0.493 e. The molecule has 1 N–H and O–H groups in total. The normalized spacial score (nSPS) is 10.9. The number of rotatable bonds is 8. The predicted octanol–water partition coefficient (Wildman–Crippen LogP) is 5.36. The monoisotopic (exact) mass is 465 g/mol. The Morgan fingerprint density at radius 1 is 1.00 bits per heavy atom. The number of ether oxygens (including phenoxy) is 2. The summed E-state index contributed by atoms with van der Waals surface area (Å²) in [6, 6.07) is 15.8. The van der Waals surface area contributed by atoms with Gasteiger partial charge in [-0.2, -0.15) is 5.10 Å². The Kier molecular flexibility index (Phi) is 6.09. The predicted molar refractivity (Wildman–Crippen MR) is 124 cm³/mol. The summed E-state index contributed by atoms with van der Waals surface area (Å²) in [6.45, 7) is 0. The van der Waals surface area contributed by atoms with Crippen molar-refractivity contribution in [2.75, 3.05) is 12.5 Å². The van der Waals surface area contributed by atoms with E-state index in [1.165, 1.54) is 24.5 Å². The molecule has 166 valence electrons. The highest BCUT2D eigenvalue weighted by atomic mass is 32.1. The Bertz CT molecular complexity index is 1350. The maximum atomic E-state index is 11.3. The number of fused-ring (bicyclic) bond motifs is 1. The van der Waals surface area contributed by atoms with Crippen LogP contribution >= 0.6 is 11.3 Å². The van der Waals surface area contributed by atoms with Crippen LogP contribution in [0.1, 0.15) is 5.56 Å². The number of hydrazone groups is 1. The Balaban J connectivity index is 1.52. The maximum Gasteiger partial charge on any atom is 0.318 e. The van der Waals surface area contributed by atoms with Crippen molar-refractivity contribution in [1.29, 1.82) is 0 Å². The van der Waals surface area contributed by atoms with Gasteiger partial charge in [-0.25, -0.2) is 4.98 Å². The fourth-order valence-electron chi connectivity index (χ4n) is 2.90. The minimum absolute atomic E-state index is 0.150. The van der Waals surface area contributed by atoms with Crippen molar-refractivity contribution in [2.45, 2.75) is 0 Å². The molecule has 4 rings (SSSR count). The van der Waals surface area contributed by atoms with Crippen LogP contribution in [-0.4, -0.2) is 28.2 Å². The molecule has 0 amide bonds. The fourth-order valence-corrected chi connectivity index (χ4v) is 3.71. The topological polar surface area (TPSA) is 142 Å². The first-order valence-corrected chi connectivity index (χ1v) is 10.2. The van der Waals surface area contributed by atoms with E-state index >= 15 is 0 Å². The van der Waals surface area contributed by atoms with Crippen LogP contribution in [0.15, 0.2) is 65.8 Å². The molecule has 1 aromatic heterocycles. The van der Waals surface area contributed by atoms with Crippen LogP contribution < -0.4 is 14.9 Å². The van der Waals surface area contributed by atoms with Gasteiger partial charge in [-0.15, -0.1) is 0 Å². The van der Waals surface area contributed by atoms with Gasteiger partial charge in [-0.1, -0.05) is 23.5 Å². The molecule has 0 aliphatic carbocycles. The summed E-state index contributed by atoms with van der Waals surface area (Å²) in [5, 5.41) is 27.1. The van der Waals surface area contributed by atoms with Gasteiger partial charge < -0.3 is 9.47 Å². The molecule has 0 fully saturated rings. The molecule has 33 heavy (non-hydrogen) atoms. The van der Waals surface area contributed by atoms with E-state index in [-0.39, 0.29) is 11.5 Å². The van der Waals surface area contributed by atoms with E-state index in [0.717, 1.165) is 22.3 Å². The summed E-state index contributed by atoms with van der Waals surface area (Å²) in [4.78, 5) is 25.2. The SMILES string of the molecule is COc1cc(/C=N\Nc2nc3ccccc3s2)ccc1Oc1ccc([N+](=O)[O-])cc1[N+](=O)[O-]. The first kappa shape index (κ1) is 21.6. The molecule has 0 unspecified atom stereocenters. The third-order valence-electron chi connectivity index (χ3n) is 4.43. The van der Waals surface area contributed by atoms with Crippen LogP contribution in [0.25, 0.3) is 10.2 Å². The summed E-state index contributed by atoms with van der Waals surface area (Å²) >= 11 is 1.47. The summed E-state index contributed by atoms with van der Waals surface area (Å²) < 4.78 is 12.0. The Hall–Kier alpha value is -4.58. The van der Waals surface area contributed by atoms with Gasteiger partial charge in [0.25, 0.3) is 5.69 Å². The standard InChI is InChI=1S/C21H15N5O6S/c1-31-19-10-13(12-22-24-21-23-15-4-2-3-5-20(15)33-21)6-8-18(19)32-17-9-7-14(25(27)28)11-16(17)26(29)30/h2-12H,1H3,(H,23,24)/b22-12-. The van der Waals surface area contributed by atoms with Gasteiger partial charge in [0.15, 0.2) is 11.5 Å². The molecule has 0 spiro atoms. The number of hydrogen-bond donors (Lipinski definition) is 1. The first-order chi connectivity index (χ1) is 15.9. The van der Waals surface area contributed by atoms with Crippen LogP contribution in [0, 0.1) is 20.2 Å². The van der Waals surface area contributed by atoms with Crippen molar-refractivity contribution in [3.63, 3.8) is 0 Å². The Morgan fingerprint density at radius 2 is 1.79 bits per heavy atom. The van der Waals surface area contributed by atoms with E-state index in [0.29, 0.717) is 16.4 Å². The van der Waals surface area contributed by atoms with E-state index in [1.54, 1.807) is 24.4 Å². The summed E-state index contributed by atoms with van der Waals surface area (Å²) in [5.74, 6) is 0.347. The minimum atomic E-state index is -0.746. The van der Waals surface area contributed by atoms with Crippen molar-refractivity contribution < 1.29 is 19.3 Å². The molecular formula is C21H15N5O6S. The van der Waals surface area contributed by atoms with Gasteiger partial charge in [-0.3, -0.25) is 25.7 Å². The van der Waals surface area contributed by atoms with E-state index in [4.69, 9.17) is 9.47 Å². The van der Waals surface area contributed by atoms with Crippen LogP contribution in [0.3, 0.4) is 0 Å². The number of nitrogens with one attached hydrogen (secondary N) is 1. The Morgan fingerprint density at radius 3 is 2.52 bits per heavy atom. The van der Waals surface area contributed by atoms with Gasteiger partial charge in [-0.05, 0) is 42.0 Å². The molecular weight excluding hydrogens is 450 g/mol. The lowest BCUT2D eigenvalue weighted by atomic mass is 10.2. The lowest BCUT2D eigenvalue weighted by Crippen LogP contribution is -1.98. The summed E-state index contributed by atoms with van der Waals surface area (Å²) in [6.07, 6.45) is 1.56. The van der Waals surface area contributed by atoms with Crippen LogP contribution in [0.5, 0.6) is 17.2 Å². The second-order valence-electron chi connectivity index (χ2n) is 6.54. The number of nitro benzene ring substituents is 2. The molecule has 0 aliphatic heterocycles. The Labute approximate surface area is 190 Å². The molecule has 4 aromatic rings. The number of non-ortho nitro benzene ring substituents is 1. The van der Waals surface area contributed by atoms with E-state index in [1.807, 2.05) is 24.3 Å². The van der Waals surface area contributed by atoms with Gasteiger partial charge in [0, 0.05) is 6.07 Å². The average molecular weight is 465 g/mol. The van der Waals surface area contributed by atoms with E-state index < -0.39 is 21.2 Å². The largest absolute Gasteiger partial charge is 0.493 e. The average Bonchev–Trinajstić information content (AvgIpc) is 3.22. The molecule has 0 atom stereocenters. The van der Waals surface area contributed by atoms with Crippen LogP contribution in [0.2, 0.25) is 0 Å². The number of aromatic nitrogens is 1. The van der Waals surface area contributed by atoms with E-state index in [9.17, 15) is 20.2 Å². The van der Waals surface area contributed by atoms with Crippen molar-refractivity contribution in [2.24, 2.45) is 5.10 Å². The fraction of sp³-hybridized carbons (Fsp3) is 0.0476. The van der Waals surface area contributed by atoms with Crippen molar-refractivity contribution in [3.8, 4) is 17.2 Å². The molecule has 11 nitrogen and oxygen atoms in total. The van der Waals surface area contributed by atoms with Crippen LogP contribution in [0.4, 0.5) is 16.5 Å². The van der Waals surface area contributed by atoms with Gasteiger partial charge >= 0.3 is 5.69 Å². The second kappa shape index (κ2) is 9.28. The number of nitro groups is 2. The number of thiazole rings is 1. The lowest BCUT2D eigenvalue weighted by molar-refractivity contribution is -0.394. The zero-order valence-corrected chi connectivity index (χ0v) is 17.8. The summed E-state index contributed by atoms with van der Waals surface area (Å²) in [7, 11) is 1.42. The number of para-hydroxylation sites is 1. The highest BCUT2D eigenvalue weighted by Crippen LogP contribution is 2.38. The third-order valence-corrected chi connectivity index (χ3v) is 5.37. The van der Waals surface area contributed by atoms with Crippen molar-refractivity contribution in [3.05, 3.63) is 86.5 Å². The van der Waals surface area contributed by atoms with Crippen molar-refractivity contribution in [1.82, 2.24) is 4.98 Å². The molecule has 1 heterocycles. The number of benzene rings is 3. The van der Waals surface area contributed by atoms with Crippen molar-refractivity contribution >= 4 is 44.3 Å². The second-order valence-corrected chi connectivity index (χ2v) is 7.57. The van der Waals surface area contributed by atoms with Gasteiger partial charge in [0.1, 0.15) is 0 Å². The summed E-state index contributed by atoms with van der Waals surface area (Å²) in [5.41, 5.74) is 3.49. The van der Waals surface area contributed by atoms with Crippen LogP contribution in [-0.2, 0) is 0 Å². The lowest BCUT2D eigenvalue weighted by Gasteiger charge is -2.11. The number of anilines is 1. The molecule has 12 heteroatoms. The maximum absolute atomic E-state index is 11.3. The smallest absolute Gasteiger partial charge is 0.318 e. The molecule has 0 bridgehead atoms. The number of hydrogen-bond acceptors (Lipinski definition) is 10. The molecule has 0 saturated heterocycles. The van der Waals surface area contributed by atoms with Gasteiger partial charge in [0.05, 0.1) is 39.5 Å².